The fourth-order valence-electron chi connectivity index (χ4n) is 2.56. The Hall–Kier alpha value is -3.80. The SMILES string of the molecule is COc1ccc(C(=O)N/N=C\c2ccc(OCc3ccc(C)cc3)cc2)c(O)c1. The van der Waals surface area contributed by atoms with Gasteiger partial charge in [0.2, 0.25) is 0 Å². The van der Waals surface area contributed by atoms with Crippen LogP contribution in [0.25, 0.3) is 0 Å². The van der Waals surface area contributed by atoms with E-state index < -0.39 is 5.91 Å². The van der Waals surface area contributed by atoms with Crippen molar-refractivity contribution in [3.8, 4) is 17.2 Å². The number of benzene rings is 3. The highest BCUT2D eigenvalue weighted by Crippen LogP contribution is 2.23. The molecule has 6 heteroatoms. The topological polar surface area (TPSA) is 80.2 Å². The second-order valence-corrected chi connectivity index (χ2v) is 6.43. The molecule has 3 aromatic carbocycles. The van der Waals surface area contributed by atoms with Crippen LogP contribution in [-0.4, -0.2) is 24.3 Å². The molecule has 0 atom stereocenters. The first-order valence-electron chi connectivity index (χ1n) is 9.04. The van der Waals surface area contributed by atoms with Gasteiger partial charge in [-0.05, 0) is 54.4 Å². The van der Waals surface area contributed by atoms with Crippen molar-refractivity contribution in [2.75, 3.05) is 7.11 Å². The molecule has 29 heavy (non-hydrogen) atoms. The van der Waals surface area contributed by atoms with Crippen molar-refractivity contribution in [2.24, 2.45) is 5.10 Å². The summed E-state index contributed by atoms with van der Waals surface area (Å²) in [4.78, 5) is 12.1. The van der Waals surface area contributed by atoms with Crippen molar-refractivity contribution in [2.45, 2.75) is 13.5 Å². The summed E-state index contributed by atoms with van der Waals surface area (Å²) in [5.41, 5.74) is 5.62. The Balaban J connectivity index is 1.53. The van der Waals surface area contributed by atoms with Crippen molar-refractivity contribution >= 4 is 12.1 Å². The van der Waals surface area contributed by atoms with Crippen molar-refractivity contribution in [1.29, 1.82) is 0 Å². The predicted octanol–water partition coefficient (Wildman–Crippen LogP) is 4.05. The molecule has 0 saturated heterocycles. The average Bonchev–Trinajstić information content (AvgIpc) is 2.74. The van der Waals surface area contributed by atoms with Crippen molar-refractivity contribution in [3.05, 3.63) is 89.0 Å². The van der Waals surface area contributed by atoms with Crippen molar-refractivity contribution in [1.82, 2.24) is 5.43 Å². The number of aryl methyl sites for hydroxylation is 1. The quantitative estimate of drug-likeness (QED) is 0.471. The Bertz CT molecular complexity index is 996. The minimum absolute atomic E-state index is 0.114. The number of ether oxygens (including phenoxy) is 2. The molecule has 3 aromatic rings. The number of hydrogen-bond acceptors (Lipinski definition) is 5. The maximum atomic E-state index is 12.1. The lowest BCUT2D eigenvalue weighted by atomic mass is 10.2. The Morgan fingerprint density at radius 1 is 1.03 bits per heavy atom. The first-order chi connectivity index (χ1) is 14.0. The van der Waals surface area contributed by atoms with Gasteiger partial charge in [0.05, 0.1) is 18.9 Å². The number of carbonyl (C=O) groups excluding carboxylic acids is 1. The number of methoxy groups -OCH3 is 1. The minimum Gasteiger partial charge on any atom is -0.507 e. The highest BCUT2D eigenvalue weighted by molar-refractivity contribution is 5.97. The van der Waals surface area contributed by atoms with Gasteiger partial charge in [-0.15, -0.1) is 0 Å². The van der Waals surface area contributed by atoms with Gasteiger partial charge in [0, 0.05) is 6.07 Å². The van der Waals surface area contributed by atoms with Crippen LogP contribution in [0.1, 0.15) is 27.0 Å². The Morgan fingerprint density at radius 2 is 1.72 bits per heavy atom. The number of amides is 1. The number of hydrogen-bond donors (Lipinski definition) is 2. The lowest BCUT2D eigenvalue weighted by molar-refractivity contribution is 0.0952. The standard InChI is InChI=1S/C23H22N2O4/c1-16-3-5-18(6-4-16)15-29-19-9-7-17(8-10-19)14-24-25-23(27)21-12-11-20(28-2)13-22(21)26/h3-14,26H,15H2,1-2H3,(H,25,27)/b24-14-. The van der Waals surface area contributed by atoms with E-state index in [2.05, 4.69) is 22.7 Å². The molecule has 0 saturated carbocycles. The number of phenols is 1. The average molecular weight is 390 g/mol. The number of hydrazone groups is 1. The fourth-order valence-corrected chi connectivity index (χ4v) is 2.56. The zero-order valence-electron chi connectivity index (χ0n) is 16.3. The summed E-state index contributed by atoms with van der Waals surface area (Å²) in [5, 5.41) is 13.8. The van der Waals surface area contributed by atoms with E-state index in [4.69, 9.17) is 9.47 Å². The lowest BCUT2D eigenvalue weighted by Crippen LogP contribution is -2.17. The highest BCUT2D eigenvalue weighted by Gasteiger charge is 2.11. The number of carbonyl (C=O) groups is 1. The molecule has 3 rings (SSSR count). The highest BCUT2D eigenvalue weighted by atomic mass is 16.5. The van der Waals surface area contributed by atoms with E-state index in [1.165, 1.54) is 31.0 Å². The Morgan fingerprint density at radius 3 is 2.38 bits per heavy atom. The van der Waals surface area contributed by atoms with Crippen LogP contribution in [0.3, 0.4) is 0 Å². The van der Waals surface area contributed by atoms with E-state index in [-0.39, 0.29) is 11.3 Å². The molecule has 0 aliphatic heterocycles. The van der Waals surface area contributed by atoms with Crippen LogP contribution in [-0.2, 0) is 6.61 Å². The first kappa shape index (κ1) is 19.9. The third kappa shape index (κ3) is 5.59. The van der Waals surface area contributed by atoms with E-state index in [1.807, 2.05) is 43.3 Å². The third-order valence-electron chi connectivity index (χ3n) is 4.24. The molecular formula is C23H22N2O4. The van der Waals surface area contributed by atoms with Gasteiger partial charge in [0.25, 0.3) is 5.91 Å². The molecule has 0 aliphatic carbocycles. The van der Waals surface area contributed by atoms with Crippen LogP contribution in [0.4, 0.5) is 0 Å². The van der Waals surface area contributed by atoms with Gasteiger partial charge >= 0.3 is 0 Å². The molecule has 0 radical (unpaired) electrons. The van der Waals surface area contributed by atoms with E-state index in [9.17, 15) is 9.90 Å². The maximum Gasteiger partial charge on any atom is 0.275 e. The summed E-state index contributed by atoms with van der Waals surface area (Å²) in [5.74, 6) is 0.522. The number of aromatic hydroxyl groups is 1. The lowest BCUT2D eigenvalue weighted by Gasteiger charge is -2.07. The van der Waals surface area contributed by atoms with E-state index in [0.29, 0.717) is 12.4 Å². The molecule has 6 nitrogen and oxygen atoms in total. The summed E-state index contributed by atoms with van der Waals surface area (Å²) in [6.07, 6.45) is 1.52. The summed E-state index contributed by atoms with van der Waals surface area (Å²) in [6.45, 7) is 2.54. The number of phenolic OH excluding ortho intramolecular Hbond substituents is 1. The fraction of sp³-hybridized carbons (Fsp3) is 0.130. The van der Waals surface area contributed by atoms with Gasteiger partial charge in [-0.3, -0.25) is 4.79 Å². The largest absolute Gasteiger partial charge is 0.507 e. The van der Waals surface area contributed by atoms with Crippen molar-refractivity contribution < 1.29 is 19.4 Å². The molecule has 0 fully saturated rings. The van der Waals surface area contributed by atoms with Gasteiger partial charge in [0.1, 0.15) is 23.9 Å². The van der Waals surface area contributed by atoms with Gasteiger partial charge in [-0.25, -0.2) is 5.43 Å². The van der Waals surface area contributed by atoms with Crippen LogP contribution < -0.4 is 14.9 Å². The molecule has 148 valence electrons. The van der Waals surface area contributed by atoms with E-state index in [1.54, 1.807) is 6.07 Å². The summed E-state index contributed by atoms with van der Waals surface area (Å²) in [6, 6.07) is 20.0. The van der Waals surface area contributed by atoms with Crippen LogP contribution in [0.15, 0.2) is 71.8 Å². The molecular weight excluding hydrogens is 368 g/mol. The molecule has 2 N–H and O–H groups in total. The maximum absolute atomic E-state index is 12.1. The molecule has 0 bridgehead atoms. The second kappa shape index (κ2) is 9.41. The predicted molar refractivity (Wildman–Crippen MR) is 112 cm³/mol. The number of rotatable bonds is 7. The van der Waals surface area contributed by atoms with Crippen molar-refractivity contribution in [3.63, 3.8) is 0 Å². The van der Waals surface area contributed by atoms with Crippen LogP contribution in [0.5, 0.6) is 17.2 Å². The number of nitrogens with zero attached hydrogens (tertiary/aromatic N) is 1. The van der Waals surface area contributed by atoms with E-state index >= 15 is 0 Å². The van der Waals surface area contributed by atoms with Crippen LogP contribution >= 0.6 is 0 Å². The summed E-state index contributed by atoms with van der Waals surface area (Å²) in [7, 11) is 1.48. The first-order valence-corrected chi connectivity index (χ1v) is 9.04. The molecule has 0 unspecified atom stereocenters. The Kier molecular flexibility index (Phi) is 6.47. The van der Waals surface area contributed by atoms with Gasteiger partial charge in [0.15, 0.2) is 0 Å². The molecule has 0 heterocycles. The van der Waals surface area contributed by atoms with Gasteiger partial charge < -0.3 is 14.6 Å². The zero-order chi connectivity index (χ0) is 20.6. The third-order valence-corrected chi connectivity index (χ3v) is 4.24. The molecule has 0 spiro atoms. The molecule has 1 amide bonds. The zero-order valence-corrected chi connectivity index (χ0v) is 16.3. The smallest absolute Gasteiger partial charge is 0.275 e. The monoisotopic (exact) mass is 390 g/mol. The summed E-state index contributed by atoms with van der Waals surface area (Å²) >= 11 is 0. The van der Waals surface area contributed by atoms with Gasteiger partial charge in [-0.2, -0.15) is 5.10 Å². The van der Waals surface area contributed by atoms with E-state index in [0.717, 1.165) is 16.9 Å². The second-order valence-electron chi connectivity index (χ2n) is 6.43. The normalized spacial score (nSPS) is 10.7. The summed E-state index contributed by atoms with van der Waals surface area (Å²) < 4.78 is 10.8. The molecule has 0 aromatic heterocycles. The van der Waals surface area contributed by atoms with Gasteiger partial charge in [-0.1, -0.05) is 29.8 Å². The van der Waals surface area contributed by atoms with Crippen LogP contribution in [0, 0.1) is 6.92 Å². The van der Waals surface area contributed by atoms with Crippen LogP contribution in [0.2, 0.25) is 0 Å². The minimum atomic E-state index is -0.514. The number of nitrogens with one attached hydrogen (secondary N) is 1. The Labute approximate surface area is 169 Å². The molecule has 0 aliphatic rings.